The zero-order valence-corrected chi connectivity index (χ0v) is 16.5. The summed E-state index contributed by atoms with van der Waals surface area (Å²) in [4.78, 5) is 12.0. The van der Waals surface area contributed by atoms with Gasteiger partial charge in [0.2, 0.25) is 0 Å². The van der Waals surface area contributed by atoms with Gasteiger partial charge in [-0.2, -0.15) is 0 Å². The van der Waals surface area contributed by atoms with E-state index in [1.807, 2.05) is 12.1 Å². The molecule has 5 heteroatoms. The van der Waals surface area contributed by atoms with Gasteiger partial charge in [-0.15, -0.1) is 0 Å². The Bertz CT molecular complexity index is 523. The van der Waals surface area contributed by atoms with Gasteiger partial charge in [-0.3, -0.25) is 10.1 Å². The lowest BCUT2D eigenvalue weighted by Gasteiger charge is -2.37. The Morgan fingerprint density at radius 1 is 1.30 bits per heavy atom. The van der Waals surface area contributed by atoms with Crippen molar-refractivity contribution in [3.63, 3.8) is 0 Å². The minimum atomic E-state index is -1.89. The van der Waals surface area contributed by atoms with Crippen LogP contribution in [-0.4, -0.2) is 34.0 Å². The van der Waals surface area contributed by atoms with E-state index in [9.17, 15) is 4.79 Å². The summed E-state index contributed by atoms with van der Waals surface area (Å²) in [6.45, 7) is 13.9. The highest BCUT2D eigenvalue weighted by Gasteiger charge is 2.38. The van der Waals surface area contributed by atoms with Crippen molar-refractivity contribution in [2.24, 2.45) is 0 Å². The van der Waals surface area contributed by atoms with E-state index in [0.29, 0.717) is 13.2 Å². The second kappa shape index (κ2) is 8.08. The molecule has 0 spiro atoms. The summed E-state index contributed by atoms with van der Waals surface area (Å²) < 4.78 is 11.1. The summed E-state index contributed by atoms with van der Waals surface area (Å²) in [5.41, 5.74) is 2.35. The minimum Gasteiger partial charge on any atom is -0.468 e. The lowest BCUT2D eigenvalue weighted by molar-refractivity contribution is -0.144. The van der Waals surface area contributed by atoms with Gasteiger partial charge < -0.3 is 9.16 Å². The van der Waals surface area contributed by atoms with E-state index < -0.39 is 14.4 Å². The van der Waals surface area contributed by atoms with Gasteiger partial charge >= 0.3 is 5.97 Å². The van der Waals surface area contributed by atoms with Gasteiger partial charge in [-0.05, 0) is 30.6 Å². The monoisotopic (exact) mass is 337 g/mol. The Hall–Kier alpha value is -1.17. The smallest absolute Gasteiger partial charge is 0.325 e. The highest BCUT2D eigenvalue weighted by molar-refractivity contribution is 6.74. The minimum absolute atomic E-state index is 0.115. The maximum absolute atomic E-state index is 12.0. The summed E-state index contributed by atoms with van der Waals surface area (Å²) in [7, 11) is -0.479. The molecule has 130 valence electrons. The van der Waals surface area contributed by atoms with Crippen molar-refractivity contribution in [3.05, 3.63) is 35.4 Å². The van der Waals surface area contributed by atoms with Gasteiger partial charge in [0, 0.05) is 6.54 Å². The first-order valence-corrected chi connectivity index (χ1v) is 11.0. The van der Waals surface area contributed by atoms with Crippen molar-refractivity contribution in [2.45, 2.75) is 58.4 Å². The summed E-state index contributed by atoms with van der Waals surface area (Å²) >= 11 is 0. The highest BCUT2D eigenvalue weighted by atomic mass is 28.4. The largest absolute Gasteiger partial charge is 0.468 e. The molecule has 4 nitrogen and oxygen atoms in total. The topological polar surface area (TPSA) is 47.6 Å². The molecule has 1 atom stereocenters. The van der Waals surface area contributed by atoms with Crippen molar-refractivity contribution in [3.8, 4) is 0 Å². The van der Waals surface area contributed by atoms with Crippen molar-refractivity contribution < 1.29 is 14.0 Å². The Morgan fingerprint density at radius 2 is 1.96 bits per heavy atom. The second-order valence-electron chi connectivity index (χ2n) is 7.52. The van der Waals surface area contributed by atoms with E-state index in [4.69, 9.17) is 9.16 Å². The van der Waals surface area contributed by atoms with E-state index in [0.717, 1.165) is 5.56 Å². The molecule has 0 aliphatic heterocycles. The van der Waals surface area contributed by atoms with E-state index in [1.54, 1.807) is 0 Å². The SMILES string of the molecule is COC(=O)[C@H](CO[Si](C)(C)C(C)(C)C)NCc1cccc(C)c1. The van der Waals surface area contributed by atoms with Crippen LogP contribution in [0.15, 0.2) is 24.3 Å². The zero-order valence-electron chi connectivity index (χ0n) is 15.5. The first kappa shape index (κ1) is 19.9. The van der Waals surface area contributed by atoms with Crippen LogP contribution in [0.2, 0.25) is 18.1 Å². The molecule has 0 aliphatic rings. The van der Waals surface area contributed by atoms with Crippen LogP contribution in [0.1, 0.15) is 31.9 Å². The predicted octanol–water partition coefficient (Wildman–Crippen LogP) is 3.65. The number of rotatable bonds is 7. The molecule has 0 aromatic heterocycles. The molecule has 0 saturated carbocycles. The van der Waals surface area contributed by atoms with Gasteiger partial charge in [0.1, 0.15) is 6.04 Å². The van der Waals surface area contributed by atoms with Crippen molar-refractivity contribution in [2.75, 3.05) is 13.7 Å². The normalized spacial score (nSPS) is 13.7. The number of esters is 1. The Kier molecular flexibility index (Phi) is 6.98. The van der Waals surface area contributed by atoms with Gasteiger partial charge in [0.25, 0.3) is 0 Å². The molecule has 0 saturated heterocycles. The highest BCUT2D eigenvalue weighted by Crippen LogP contribution is 2.36. The van der Waals surface area contributed by atoms with Crippen LogP contribution in [0.4, 0.5) is 0 Å². The zero-order chi connectivity index (χ0) is 17.7. The molecule has 0 unspecified atom stereocenters. The van der Waals surface area contributed by atoms with E-state index in [1.165, 1.54) is 12.7 Å². The van der Waals surface area contributed by atoms with Crippen LogP contribution in [0.3, 0.4) is 0 Å². The van der Waals surface area contributed by atoms with E-state index >= 15 is 0 Å². The number of carbonyl (C=O) groups excluding carboxylic acids is 1. The van der Waals surface area contributed by atoms with Gasteiger partial charge in [-0.25, -0.2) is 0 Å². The second-order valence-corrected chi connectivity index (χ2v) is 12.3. The summed E-state index contributed by atoms with van der Waals surface area (Å²) in [6, 6.07) is 7.78. The third-order valence-corrected chi connectivity index (χ3v) is 9.04. The fourth-order valence-corrected chi connectivity index (χ4v) is 2.94. The Morgan fingerprint density at radius 3 is 2.48 bits per heavy atom. The van der Waals surface area contributed by atoms with Crippen molar-refractivity contribution in [1.29, 1.82) is 0 Å². The molecular weight excluding hydrogens is 306 g/mol. The molecule has 0 radical (unpaired) electrons. The van der Waals surface area contributed by atoms with Crippen LogP contribution >= 0.6 is 0 Å². The molecule has 0 aliphatic carbocycles. The fraction of sp³-hybridized carbons (Fsp3) is 0.611. The quantitative estimate of drug-likeness (QED) is 0.609. The maximum Gasteiger partial charge on any atom is 0.325 e. The Balaban J connectivity index is 2.68. The van der Waals surface area contributed by atoms with Gasteiger partial charge in [0.05, 0.1) is 13.7 Å². The standard InChI is InChI=1S/C18H31NO3Si/c1-14-9-8-10-15(11-14)12-19-16(17(20)21-5)13-22-23(6,7)18(2,3)4/h8-11,16,19H,12-13H2,1-7H3/t16-/m0/s1. The molecule has 0 heterocycles. The summed E-state index contributed by atoms with van der Waals surface area (Å²) in [5.74, 6) is -0.281. The van der Waals surface area contributed by atoms with Crippen molar-refractivity contribution >= 4 is 14.3 Å². The van der Waals surface area contributed by atoms with Gasteiger partial charge in [-0.1, -0.05) is 50.6 Å². The molecule has 0 amide bonds. The third-order valence-electron chi connectivity index (χ3n) is 4.54. The molecule has 0 bridgehead atoms. The van der Waals surface area contributed by atoms with Crippen LogP contribution in [-0.2, 0) is 20.5 Å². The Labute approximate surface area is 141 Å². The molecule has 1 aromatic carbocycles. The van der Waals surface area contributed by atoms with Crippen molar-refractivity contribution in [1.82, 2.24) is 5.32 Å². The first-order valence-electron chi connectivity index (χ1n) is 8.07. The number of ether oxygens (including phenoxy) is 1. The number of carbonyl (C=O) groups is 1. The molecule has 1 aromatic rings. The number of aryl methyl sites for hydroxylation is 1. The number of benzene rings is 1. The first-order chi connectivity index (χ1) is 10.6. The molecule has 1 N–H and O–H groups in total. The maximum atomic E-state index is 12.0. The molecule has 23 heavy (non-hydrogen) atoms. The molecule has 0 fully saturated rings. The van der Waals surface area contributed by atoms with Crippen LogP contribution in [0.5, 0.6) is 0 Å². The number of hydrogen-bond donors (Lipinski definition) is 1. The third kappa shape index (κ3) is 6.09. The van der Waals surface area contributed by atoms with E-state index in [-0.39, 0.29) is 11.0 Å². The van der Waals surface area contributed by atoms with Crippen LogP contribution in [0, 0.1) is 6.92 Å². The average molecular weight is 338 g/mol. The fourth-order valence-electron chi connectivity index (χ4n) is 1.92. The summed E-state index contributed by atoms with van der Waals surface area (Å²) in [5, 5.41) is 3.38. The number of hydrogen-bond acceptors (Lipinski definition) is 4. The molecule has 1 rings (SSSR count). The number of nitrogens with one attached hydrogen (secondary N) is 1. The lowest BCUT2D eigenvalue weighted by atomic mass is 10.1. The van der Waals surface area contributed by atoms with Crippen LogP contribution < -0.4 is 5.32 Å². The average Bonchev–Trinajstić information content (AvgIpc) is 2.45. The lowest BCUT2D eigenvalue weighted by Crippen LogP contribution is -2.47. The predicted molar refractivity (Wildman–Crippen MR) is 97.0 cm³/mol. The number of methoxy groups -OCH3 is 1. The summed E-state index contributed by atoms with van der Waals surface area (Å²) in [6.07, 6.45) is 0. The van der Waals surface area contributed by atoms with Gasteiger partial charge in [0.15, 0.2) is 8.32 Å². The molecular formula is C18H31NO3Si. The van der Waals surface area contributed by atoms with E-state index in [2.05, 4.69) is 58.2 Å². The van der Waals surface area contributed by atoms with Crippen LogP contribution in [0.25, 0.3) is 0 Å².